The first-order chi connectivity index (χ1) is 7.34. The summed E-state index contributed by atoms with van der Waals surface area (Å²) in [5.74, 6) is 2.96. The maximum atomic E-state index is 10.2. The van der Waals surface area contributed by atoms with E-state index in [1.165, 1.54) is 0 Å². The minimum Gasteiger partial charge on any atom is -0.393 e. The molecule has 0 aliphatic carbocycles. The molecule has 0 bridgehead atoms. The predicted molar refractivity (Wildman–Crippen MR) is 79.5 cm³/mol. The van der Waals surface area contributed by atoms with Crippen molar-refractivity contribution in [3.63, 3.8) is 0 Å². The molecule has 0 rings (SSSR count). The van der Waals surface area contributed by atoms with Gasteiger partial charge in [-0.2, -0.15) is 23.5 Å². The summed E-state index contributed by atoms with van der Waals surface area (Å²) in [5.41, 5.74) is 0. The van der Waals surface area contributed by atoms with E-state index in [4.69, 9.17) is 0 Å². The average molecular weight is 264 g/mol. The standard InChI is InChI=1S/C13H28OS2/c1-9(2)13(14)12(7-15-10(3)4)8-16-11(5)6/h9-14H,7-8H2,1-6H3. The third-order valence-electron chi connectivity index (χ3n) is 2.45. The molecule has 1 N–H and O–H groups in total. The molecule has 16 heavy (non-hydrogen) atoms. The third-order valence-corrected chi connectivity index (χ3v) is 5.03. The summed E-state index contributed by atoms with van der Waals surface area (Å²) in [6, 6.07) is 0. The van der Waals surface area contributed by atoms with Gasteiger partial charge in [-0.25, -0.2) is 0 Å². The summed E-state index contributed by atoms with van der Waals surface area (Å²) in [6.45, 7) is 13.1. The van der Waals surface area contributed by atoms with Gasteiger partial charge in [-0.1, -0.05) is 41.5 Å². The number of thioether (sulfide) groups is 2. The molecule has 0 amide bonds. The SMILES string of the molecule is CC(C)SCC(CSC(C)C)C(O)C(C)C. The highest BCUT2D eigenvalue weighted by molar-refractivity contribution is 8.00. The summed E-state index contributed by atoms with van der Waals surface area (Å²) in [6.07, 6.45) is -0.155. The molecule has 1 unspecified atom stereocenters. The van der Waals surface area contributed by atoms with Crippen LogP contribution < -0.4 is 0 Å². The maximum absolute atomic E-state index is 10.2. The van der Waals surface area contributed by atoms with E-state index in [9.17, 15) is 5.11 Å². The fraction of sp³-hybridized carbons (Fsp3) is 1.00. The van der Waals surface area contributed by atoms with Crippen LogP contribution in [0.3, 0.4) is 0 Å². The molecule has 0 aromatic heterocycles. The zero-order valence-electron chi connectivity index (χ0n) is 11.6. The van der Waals surface area contributed by atoms with Crippen LogP contribution in [0, 0.1) is 11.8 Å². The van der Waals surface area contributed by atoms with Crippen LogP contribution in [-0.2, 0) is 0 Å². The molecule has 0 aromatic carbocycles. The van der Waals surface area contributed by atoms with Gasteiger partial charge >= 0.3 is 0 Å². The molecule has 0 spiro atoms. The van der Waals surface area contributed by atoms with Crippen molar-refractivity contribution in [2.45, 2.75) is 58.1 Å². The van der Waals surface area contributed by atoms with Crippen LogP contribution in [0.5, 0.6) is 0 Å². The Morgan fingerprint density at radius 3 is 1.44 bits per heavy atom. The molecule has 0 aromatic rings. The van der Waals surface area contributed by atoms with Crippen molar-refractivity contribution >= 4 is 23.5 Å². The van der Waals surface area contributed by atoms with Crippen molar-refractivity contribution in [2.75, 3.05) is 11.5 Å². The smallest absolute Gasteiger partial charge is 0.0607 e. The summed E-state index contributed by atoms with van der Waals surface area (Å²) in [4.78, 5) is 0. The molecule has 0 aliphatic rings. The third kappa shape index (κ3) is 7.86. The quantitative estimate of drug-likeness (QED) is 0.718. The zero-order valence-corrected chi connectivity index (χ0v) is 13.2. The zero-order chi connectivity index (χ0) is 12.7. The highest BCUT2D eigenvalue weighted by atomic mass is 32.2. The van der Waals surface area contributed by atoms with E-state index >= 15 is 0 Å². The minimum absolute atomic E-state index is 0.155. The van der Waals surface area contributed by atoms with Crippen molar-refractivity contribution < 1.29 is 5.11 Å². The Bertz CT molecular complexity index is 157. The van der Waals surface area contributed by atoms with E-state index in [1.54, 1.807) is 0 Å². The number of rotatable bonds is 8. The first-order valence-corrected chi connectivity index (χ1v) is 8.35. The van der Waals surface area contributed by atoms with Gasteiger partial charge < -0.3 is 5.11 Å². The van der Waals surface area contributed by atoms with Gasteiger partial charge in [0.1, 0.15) is 0 Å². The van der Waals surface area contributed by atoms with Crippen molar-refractivity contribution in [3.05, 3.63) is 0 Å². The highest BCUT2D eigenvalue weighted by Gasteiger charge is 2.22. The second-order valence-corrected chi connectivity index (χ2v) is 8.48. The Labute approximate surface area is 110 Å². The second-order valence-electron chi connectivity index (χ2n) is 5.26. The first-order valence-electron chi connectivity index (χ1n) is 6.25. The van der Waals surface area contributed by atoms with Gasteiger partial charge in [0.05, 0.1) is 6.10 Å². The molecular weight excluding hydrogens is 236 g/mol. The van der Waals surface area contributed by atoms with Crippen LogP contribution in [0.25, 0.3) is 0 Å². The topological polar surface area (TPSA) is 20.2 Å². The van der Waals surface area contributed by atoms with Gasteiger partial charge in [0.25, 0.3) is 0 Å². The molecule has 0 aliphatic heterocycles. The van der Waals surface area contributed by atoms with Crippen LogP contribution in [0.15, 0.2) is 0 Å². The molecular formula is C13H28OS2. The van der Waals surface area contributed by atoms with Gasteiger partial charge in [-0.3, -0.25) is 0 Å². The predicted octanol–water partition coefficient (Wildman–Crippen LogP) is 3.90. The van der Waals surface area contributed by atoms with Crippen molar-refractivity contribution in [1.29, 1.82) is 0 Å². The summed E-state index contributed by atoms with van der Waals surface area (Å²) < 4.78 is 0. The second kappa shape index (κ2) is 8.71. The molecule has 1 nitrogen and oxygen atoms in total. The van der Waals surface area contributed by atoms with E-state index in [0.29, 0.717) is 22.3 Å². The van der Waals surface area contributed by atoms with Gasteiger partial charge in [0.2, 0.25) is 0 Å². The van der Waals surface area contributed by atoms with Gasteiger partial charge in [-0.05, 0) is 27.9 Å². The molecule has 0 fully saturated rings. The fourth-order valence-corrected chi connectivity index (χ4v) is 3.47. The Hall–Kier alpha value is 0.660. The fourth-order valence-electron chi connectivity index (χ4n) is 1.42. The Balaban J connectivity index is 4.15. The van der Waals surface area contributed by atoms with E-state index in [-0.39, 0.29) is 6.10 Å². The highest BCUT2D eigenvalue weighted by Crippen LogP contribution is 2.25. The lowest BCUT2D eigenvalue weighted by Gasteiger charge is -2.26. The molecule has 1 atom stereocenters. The molecule has 0 heterocycles. The molecule has 98 valence electrons. The van der Waals surface area contributed by atoms with Gasteiger partial charge in [0.15, 0.2) is 0 Å². The molecule has 0 saturated carbocycles. The van der Waals surface area contributed by atoms with Crippen molar-refractivity contribution in [3.8, 4) is 0 Å². The van der Waals surface area contributed by atoms with E-state index < -0.39 is 0 Å². The molecule has 0 radical (unpaired) electrons. The lowest BCUT2D eigenvalue weighted by atomic mass is 9.96. The van der Waals surface area contributed by atoms with Crippen molar-refractivity contribution in [1.82, 2.24) is 0 Å². The molecule has 0 saturated heterocycles. The van der Waals surface area contributed by atoms with Crippen LogP contribution in [0.4, 0.5) is 0 Å². The van der Waals surface area contributed by atoms with Crippen LogP contribution in [-0.4, -0.2) is 33.2 Å². The van der Waals surface area contributed by atoms with Crippen LogP contribution in [0.2, 0.25) is 0 Å². The largest absolute Gasteiger partial charge is 0.393 e. The summed E-state index contributed by atoms with van der Waals surface area (Å²) in [5, 5.41) is 11.5. The Morgan fingerprint density at radius 1 is 0.812 bits per heavy atom. The monoisotopic (exact) mass is 264 g/mol. The lowest BCUT2D eigenvalue weighted by molar-refractivity contribution is 0.0838. The lowest BCUT2D eigenvalue weighted by Crippen LogP contribution is -2.30. The van der Waals surface area contributed by atoms with Crippen LogP contribution >= 0.6 is 23.5 Å². The van der Waals surface area contributed by atoms with E-state index in [2.05, 4.69) is 41.5 Å². The average Bonchev–Trinajstić information content (AvgIpc) is 2.16. The first kappa shape index (κ1) is 16.7. The van der Waals surface area contributed by atoms with E-state index in [1.807, 2.05) is 23.5 Å². The number of aliphatic hydroxyl groups is 1. The number of hydrogen-bond acceptors (Lipinski definition) is 3. The van der Waals surface area contributed by atoms with Crippen molar-refractivity contribution in [2.24, 2.45) is 11.8 Å². The number of hydrogen-bond donors (Lipinski definition) is 1. The number of aliphatic hydroxyl groups excluding tert-OH is 1. The van der Waals surface area contributed by atoms with Crippen LogP contribution in [0.1, 0.15) is 41.5 Å². The van der Waals surface area contributed by atoms with E-state index in [0.717, 1.165) is 11.5 Å². The maximum Gasteiger partial charge on any atom is 0.0607 e. The summed E-state index contributed by atoms with van der Waals surface area (Å²) >= 11 is 3.93. The van der Waals surface area contributed by atoms with Gasteiger partial charge in [-0.15, -0.1) is 0 Å². The van der Waals surface area contributed by atoms with Gasteiger partial charge in [0, 0.05) is 5.92 Å². The summed E-state index contributed by atoms with van der Waals surface area (Å²) in [7, 11) is 0. The normalized spacial score (nSPS) is 14.4. The minimum atomic E-state index is -0.155. The Morgan fingerprint density at radius 2 is 1.19 bits per heavy atom. The Kier molecular flexibility index (Phi) is 9.07. The molecule has 3 heteroatoms.